The van der Waals surface area contributed by atoms with Crippen LogP contribution in [0.25, 0.3) is 11.0 Å². The number of nitrogens with zero attached hydrogens (tertiary/aromatic N) is 2. The average Bonchev–Trinajstić information content (AvgIpc) is 2.74. The van der Waals surface area contributed by atoms with Crippen LogP contribution < -0.4 is 15.7 Å². The maximum absolute atomic E-state index is 13.4. The summed E-state index contributed by atoms with van der Waals surface area (Å²) in [6, 6.07) is 3.75. The van der Waals surface area contributed by atoms with E-state index in [4.69, 9.17) is 9.15 Å². The predicted molar refractivity (Wildman–Crippen MR) is 135 cm³/mol. The van der Waals surface area contributed by atoms with E-state index in [1.165, 1.54) is 0 Å². The third-order valence-electron chi connectivity index (χ3n) is 7.15. The van der Waals surface area contributed by atoms with Crippen molar-refractivity contribution in [3.05, 3.63) is 39.2 Å². The van der Waals surface area contributed by atoms with Gasteiger partial charge < -0.3 is 19.4 Å². The number of carbonyl (C=O) groups is 1. The summed E-state index contributed by atoms with van der Waals surface area (Å²) >= 11 is 0. The van der Waals surface area contributed by atoms with Gasteiger partial charge in [-0.15, -0.1) is 24.8 Å². The molecule has 1 unspecified atom stereocenters. The summed E-state index contributed by atoms with van der Waals surface area (Å²) in [5.41, 5.74) is 2.51. The summed E-state index contributed by atoms with van der Waals surface area (Å²) in [7, 11) is 2.17. The SMILES string of the molecule is Cc1cc(OC(C)C(=O)N2CCN(C)C3(CCNCC3)C2)c2c(C)c(C)c(=O)oc2c1.Cl.Cl. The molecular formula is C24H35Cl2N3O4. The van der Waals surface area contributed by atoms with Gasteiger partial charge in [-0.05, 0) is 83.9 Å². The molecule has 3 heterocycles. The quantitative estimate of drug-likeness (QED) is 0.653. The van der Waals surface area contributed by atoms with Gasteiger partial charge in [0.05, 0.1) is 5.39 Å². The second-order valence-corrected chi connectivity index (χ2v) is 9.19. The van der Waals surface area contributed by atoms with E-state index in [9.17, 15) is 9.59 Å². The predicted octanol–water partition coefficient (Wildman–Crippen LogP) is 3.23. The van der Waals surface area contributed by atoms with Crippen LogP contribution in [0.1, 0.15) is 36.5 Å². The molecular weight excluding hydrogens is 465 g/mol. The lowest BCUT2D eigenvalue weighted by atomic mass is 9.84. The van der Waals surface area contributed by atoms with E-state index in [1.54, 1.807) is 6.92 Å². The van der Waals surface area contributed by atoms with Crippen LogP contribution in [0.2, 0.25) is 0 Å². The lowest BCUT2D eigenvalue weighted by Crippen LogP contribution is -2.65. The fraction of sp³-hybridized carbons (Fsp3) is 0.583. The number of aryl methyl sites for hydroxylation is 2. The molecule has 1 aromatic heterocycles. The molecule has 184 valence electrons. The van der Waals surface area contributed by atoms with Gasteiger partial charge in [0.15, 0.2) is 6.10 Å². The van der Waals surface area contributed by atoms with E-state index in [0.717, 1.165) is 55.5 Å². The van der Waals surface area contributed by atoms with Crippen LogP contribution in [-0.4, -0.2) is 67.1 Å². The second kappa shape index (κ2) is 10.6. The molecule has 33 heavy (non-hydrogen) atoms. The Hall–Kier alpha value is -1.80. The molecule has 2 aromatic rings. The molecule has 9 heteroatoms. The van der Waals surface area contributed by atoms with Crippen LogP contribution >= 0.6 is 24.8 Å². The Morgan fingerprint density at radius 1 is 1.12 bits per heavy atom. The summed E-state index contributed by atoms with van der Waals surface area (Å²) in [4.78, 5) is 29.9. The highest BCUT2D eigenvalue weighted by molar-refractivity contribution is 5.89. The Kier molecular flexibility index (Phi) is 8.85. The summed E-state index contributed by atoms with van der Waals surface area (Å²) < 4.78 is 11.7. The molecule has 1 spiro atoms. The van der Waals surface area contributed by atoms with Crippen molar-refractivity contribution in [2.45, 2.75) is 52.2 Å². The van der Waals surface area contributed by atoms with Gasteiger partial charge in [0.25, 0.3) is 5.91 Å². The van der Waals surface area contributed by atoms with Gasteiger partial charge in [-0.1, -0.05) is 0 Å². The lowest BCUT2D eigenvalue weighted by molar-refractivity contribution is -0.144. The monoisotopic (exact) mass is 499 g/mol. The first-order valence-corrected chi connectivity index (χ1v) is 11.1. The van der Waals surface area contributed by atoms with Crippen molar-refractivity contribution in [1.82, 2.24) is 15.1 Å². The minimum absolute atomic E-state index is 0. The van der Waals surface area contributed by atoms with Crippen molar-refractivity contribution in [1.29, 1.82) is 0 Å². The van der Waals surface area contributed by atoms with E-state index in [0.29, 0.717) is 23.4 Å². The molecule has 7 nitrogen and oxygen atoms in total. The molecule has 0 saturated carbocycles. The van der Waals surface area contributed by atoms with Gasteiger partial charge in [-0.3, -0.25) is 9.69 Å². The third-order valence-corrected chi connectivity index (χ3v) is 7.15. The Balaban J connectivity index is 0.00000193. The molecule has 0 radical (unpaired) electrons. The van der Waals surface area contributed by atoms with Crippen molar-refractivity contribution < 1.29 is 13.9 Å². The fourth-order valence-corrected chi connectivity index (χ4v) is 4.96. The molecule has 1 N–H and O–H groups in total. The summed E-state index contributed by atoms with van der Waals surface area (Å²) in [6.07, 6.45) is 1.46. The van der Waals surface area contributed by atoms with Crippen LogP contribution in [0, 0.1) is 20.8 Å². The number of carbonyl (C=O) groups excluding carboxylic acids is 1. The van der Waals surface area contributed by atoms with Gasteiger partial charge >= 0.3 is 5.63 Å². The smallest absolute Gasteiger partial charge is 0.339 e. The number of rotatable bonds is 3. The summed E-state index contributed by atoms with van der Waals surface area (Å²) in [5.74, 6) is 0.596. The first-order chi connectivity index (χ1) is 14.7. The lowest BCUT2D eigenvalue weighted by Gasteiger charge is -2.51. The van der Waals surface area contributed by atoms with Crippen LogP contribution in [0.4, 0.5) is 0 Å². The Labute approximate surface area is 207 Å². The van der Waals surface area contributed by atoms with Gasteiger partial charge in [-0.25, -0.2) is 4.79 Å². The molecule has 2 fully saturated rings. The molecule has 2 aliphatic rings. The fourth-order valence-electron chi connectivity index (χ4n) is 4.96. The number of fused-ring (bicyclic) bond motifs is 1. The highest BCUT2D eigenvalue weighted by Crippen LogP contribution is 2.33. The van der Waals surface area contributed by atoms with Crippen molar-refractivity contribution in [3.63, 3.8) is 0 Å². The maximum atomic E-state index is 13.4. The molecule has 0 aliphatic carbocycles. The van der Waals surface area contributed by atoms with E-state index in [-0.39, 0.29) is 41.9 Å². The highest BCUT2D eigenvalue weighted by Gasteiger charge is 2.42. The topological polar surface area (TPSA) is 75.0 Å². The zero-order valence-electron chi connectivity index (χ0n) is 20.0. The number of nitrogens with one attached hydrogen (secondary N) is 1. The third kappa shape index (κ3) is 5.16. The van der Waals surface area contributed by atoms with Crippen molar-refractivity contribution >= 4 is 41.7 Å². The molecule has 1 aromatic carbocycles. The van der Waals surface area contributed by atoms with Crippen LogP contribution in [0.5, 0.6) is 5.75 Å². The minimum atomic E-state index is -0.626. The van der Waals surface area contributed by atoms with Gasteiger partial charge in [-0.2, -0.15) is 0 Å². The van der Waals surface area contributed by atoms with E-state index >= 15 is 0 Å². The molecule has 1 atom stereocenters. The van der Waals surface area contributed by atoms with Gasteiger partial charge in [0.1, 0.15) is 11.3 Å². The van der Waals surface area contributed by atoms with Crippen LogP contribution in [0.3, 0.4) is 0 Å². The molecule has 2 aliphatic heterocycles. The average molecular weight is 500 g/mol. The first-order valence-electron chi connectivity index (χ1n) is 11.1. The Morgan fingerprint density at radius 3 is 2.45 bits per heavy atom. The number of ether oxygens (including phenoxy) is 1. The highest BCUT2D eigenvalue weighted by atomic mass is 35.5. The molecule has 2 saturated heterocycles. The largest absolute Gasteiger partial charge is 0.480 e. The van der Waals surface area contributed by atoms with Crippen LogP contribution in [-0.2, 0) is 4.79 Å². The Bertz CT molecular complexity index is 1070. The van der Waals surface area contributed by atoms with E-state index < -0.39 is 6.10 Å². The number of hydrogen-bond acceptors (Lipinski definition) is 6. The minimum Gasteiger partial charge on any atom is -0.480 e. The number of piperazine rings is 1. The standard InChI is InChI=1S/C24H33N3O4.2ClH/c1-15-12-19(21-16(2)17(3)23(29)31-20(21)13-15)30-18(4)22(28)27-11-10-26(5)24(14-27)6-8-25-9-7-24;;/h12-13,18,25H,6-11,14H2,1-5H3;2*1H. The summed E-state index contributed by atoms with van der Waals surface area (Å²) in [6.45, 7) is 11.7. The number of piperidine rings is 1. The van der Waals surface area contributed by atoms with E-state index in [2.05, 4.69) is 17.3 Å². The van der Waals surface area contributed by atoms with Crippen molar-refractivity contribution in [2.75, 3.05) is 39.8 Å². The molecule has 0 bridgehead atoms. The molecule has 1 amide bonds. The number of benzene rings is 1. The van der Waals surface area contributed by atoms with Gasteiger partial charge in [0, 0.05) is 30.7 Å². The zero-order chi connectivity index (χ0) is 22.3. The second-order valence-electron chi connectivity index (χ2n) is 9.19. The maximum Gasteiger partial charge on any atom is 0.339 e. The Morgan fingerprint density at radius 2 is 1.79 bits per heavy atom. The number of likely N-dealkylation sites (N-methyl/N-ethyl adjacent to an activating group) is 1. The summed E-state index contributed by atoms with van der Waals surface area (Å²) in [5, 5.41) is 4.19. The molecule has 4 rings (SSSR count). The first kappa shape index (κ1) is 27.4. The normalized spacial score (nSPS) is 19.0. The van der Waals surface area contributed by atoms with Crippen molar-refractivity contribution in [3.8, 4) is 5.75 Å². The number of halogens is 2. The zero-order valence-corrected chi connectivity index (χ0v) is 21.7. The van der Waals surface area contributed by atoms with Gasteiger partial charge in [0.2, 0.25) is 0 Å². The van der Waals surface area contributed by atoms with E-state index in [1.807, 2.05) is 37.8 Å². The van der Waals surface area contributed by atoms with Crippen LogP contribution in [0.15, 0.2) is 21.3 Å². The number of amides is 1. The number of hydrogen-bond donors (Lipinski definition) is 1. The van der Waals surface area contributed by atoms with Crippen molar-refractivity contribution in [2.24, 2.45) is 0 Å².